The molecule has 0 saturated heterocycles. The molecule has 0 aromatic heterocycles. The normalized spacial score (nSPS) is 11.3. The number of hydrogen-bond acceptors (Lipinski definition) is 2. The fourth-order valence-corrected chi connectivity index (χ4v) is 1.13. The Morgan fingerprint density at radius 2 is 1.33 bits per heavy atom. The Morgan fingerprint density at radius 1 is 0.933 bits per heavy atom. The molecule has 15 heavy (non-hydrogen) atoms. The molecule has 0 rings (SSSR count). The van der Waals surface area contributed by atoms with Gasteiger partial charge in [-0.05, 0) is 39.5 Å². The quantitative estimate of drug-likeness (QED) is 0.312. The molecule has 0 aromatic carbocycles. The van der Waals surface area contributed by atoms with Crippen LogP contribution in [0.2, 0.25) is 0 Å². The second-order valence-corrected chi connectivity index (χ2v) is 3.96. The second kappa shape index (κ2) is 8.69. The van der Waals surface area contributed by atoms with Crippen molar-refractivity contribution < 1.29 is 9.47 Å². The minimum Gasteiger partial charge on any atom is -0.351 e. The number of ether oxygens (including phenoxy) is 2. The molecule has 0 aromatic rings. The fourth-order valence-electron chi connectivity index (χ4n) is 1.13. The third-order valence-electron chi connectivity index (χ3n) is 2.00. The lowest BCUT2D eigenvalue weighted by molar-refractivity contribution is -0.213. The van der Waals surface area contributed by atoms with Gasteiger partial charge in [-0.2, -0.15) is 0 Å². The molecule has 0 heterocycles. The van der Waals surface area contributed by atoms with Crippen LogP contribution in [0.1, 0.15) is 39.5 Å². The van der Waals surface area contributed by atoms with Crippen molar-refractivity contribution in [2.45, 2.75) is 45.3 Å². The minimum absolute atomic E-state index is 0.470. The van der Waals surface area contributed by atoms with E-state index in [4.69, 9.17) is 9.47 Å². The average Bonchev–Trinajstić information content (AvgIpc) is 2.20. The first-order chi connectivity index (χ1) is 7.12. The zero-order valence-corrected chi connectivity index (χ0v) is 10.1. The molecule has 0 aliphatic carbocycles. The van der Waals surface area contributed by atoms with Crippen molar-refractivity contribution in [3.63, 3.8) is 0 Å². The number of rotatable bonds is 10. The van der Waals surface area contributed by atoms with Crippen molar-refractivity contribution in [1.82, 2.24) is 0 Å². The number of allylic oxidation sites excluding steroid dienone is 2. The Morgan fingerprint density at radius 3 is 1.67 bits per heavy atom. The molecule has 2 heteroatoms. The van der Waals surface area contributed by atoms with Gasteiger partial charge in [0.1, 0.15) is 0 Å². The molecule has 0 aliphatic heterocycles. The van der Waals surface area contributed by atoms with Crippen LogP contribution in [0, 0.1) is 0 Å². The summed E-state index contributed by atoms with van der Waals surface area (Å²) in [6.45, 7) is 12.7. The van der Waals surface area contributed by atoms with Gasteiger partial charge in [0.15, 0.2) is 5.79 Å². The third kappa shape index (κ3) is 9.70. The van der Waals surface area contributed by atoms with Crippen LogP contribution in [0.3, 0.4) is 0 Å². The van der Waals surface area contributed by atoms with Crippen LogP contribution in [0.4, 0.5) is 0 Å². The maximum absolute atomic E-state index is 5.62. The largest absolute Gasteiger partial charge is 0.351 e. The highest BCUT2D eigenvalue weighted by molar-refractivity contribution is 4.67. The van der Waals surface area contributed by atoms with Gasteiger partial charge in [-0.1, -0.05) is 12.2 Å². The molecule has 88 valence electrons. The summed E-state index contributed by atoms with van der Waals surface area (Å²) in [4.78, 5) is 0. The molecule has 0 radical (unpaired) electrons. The Kier molecular flexibility index (Phi) is 8.34. The van der Waals surface area contributed by atoms with Crippen molar-refractivity contribution in [2.24, 2.45) is 0 Å². The first kappa shape index (κ1) is 14.4. The maximum Gasteiger partial charge on any atom is 0.162 e. The molecule has 0 fully saturated rings. The number of unbranched alkanes of at least 4 members (excludes halogenated alkanes) is 2. The Labute approximate surface area is 94.0 Å². The van der Waals surface area contributed by atoms with Gasteiger partial charge in [-0.3, -0.25) is 0 Å². The third-order valence-corrected chi connectivity index (χ3v) is 2.00. The molecule has 2 nitrogen and oxygen atoms in total. The van der Waals surface area contributed by atoms with Gasteiger partial charge in [-0.15, -0.1) is 13.2 Å². The van der Waals surface area contributed by atoms with E-state index in [1.807, 2.05) is 26.0 Å². The van der Waals surface area contributed by atoms with E-state index in [-0.39, 0.29) is 0 Å². The van der Waals surface area contributed by atoms with Crippen LogP contribution in [0.15, 0.2) is 25.3 Å². The molecule has 0 amide bonds. The van der Waals surface area contributed by atoms with Crippen molar-refractivity contribution in [2.75, 3.05) is 13.2 Å². The lowest BCUT2D eigenvalue weighted by atomic mass is 10.3. The van der Waals surface area contributed by atoms with Gasteiger partial charge < -0.3 is 9.47 Å². The molecule has 0 aliphatic rings. The van der Waals surface area contributed by atoms with Crippen LogP contribution < -0.4 is 0 Å². The highest BCUT2D eigenvalue weighted by Gasteiger charge is 2.17. The molecule has 0 atom stereocenters. The average molecular weight is 212 g/mol. The Bertz CT molecular complexity index is 155. The van der Waals surface area contributed by atoms with E-state index in [9.17, 15) is 0 Å². The van der Waals surface area contributed by atoms with Gasteiger partial charge in [-0.25, -0.2) is 0 Å². The molecule has 0 spiro atoms. The van der Waals surface area contributed by atoms with Crippen LogP contribution >= 0.6 is 0 Å². The molecule has 0 saturated carbocycles. The molecular formula is C13H24O2. The Balaban J connectivity index is 3.47. The van der Waals surface area contributed by atoms with E-state index < -0.39 is 5.79 Å². The van der Waals surface area contributed by atoms with Crippen LogP contribution in [0.25, 0.3) is 0 Å². The summed E-state index contributed by atoms with van der Waals surface area (Å²) in [7, 11) is 0. The zero-order chi connectivity index (χ0) is 11.6. The second-order valence-electron chi connectivity index (χ2n) is 3.96. The van der Waals surface area contributed by atoms with E-state index in [0.29, 0.717) is 0 Å². The summed E-state index contributed by atoms with van der Waals surface area (Å²) < 4.78 is 11.2. The molecule has 0 unspecified atom stereocenters. The van der Waals surface area contributed by atoms with Crippen molar-refractivity contribution in [3.8, 4) is 0 Å². The van der Waals surface area contributed by atoms with Gasteiger partial charge >= 0.3 is 0 Å². The summed E-state index contributed by atoms with van der Waals surface area (Å²) in [5.74, 6) is -0.470. The Hall–Kier alpha value is -0.600. The zero-order valence-electron chi connectivity index (χ0n) is 10.1. The van der Waals surface area contributed by atoms with Crippen LogP contribution in [0.5, 0.6) is 0 Å². The summed E-state index contributed by atoms with van der Waals surface area (Å²) in [6, 6.07) is 0. The van der Waals surface area contributed by atoms with Crippen LogP contribution in [-0.4, -0.2) is 19.0 Å². The monoisotopic (exact) mass is 212 g/mol. The summed E-state index contributed by atoms with van der Waals surface area (Å²) in [5, 5.41) is 0. The van der Waals surface area contributed by atoms with Crippen molar-refractivity contribution in [1.29, 1.82) is 0 Å². The summed E-state index contributed by atoms with van der Waals surface area (Å²) in [5.41, 5.74) is 0. The molecule has 0 bridgehead atoms. The predicted octanol–water partition coefficient (Wildman–Crippen LogP) is 3.69. The van der Waals surface area contributed by atoms with Gasteiger partial charge in [0.05, 0.1) is 13.2 Å². The SMILES string of the molecule is C=CCCCOC(C)(C)OCCCC=C. The maximum atomic E-state index is 5.62. The highest BCUT2D eigenvalue weighted by atomic mass is 16.7. The van der Waals surface area contributed by atoms with Crippen molar-refractivity contribution >= 4 is 0 Å². The van der Waals surface area contributed by atoms with E-state index >= 15 is 0 Å². The van der Waals surface area contributed by atoms with E-state index in [1.165, 1.54) is 0 Å². The van der Waals surface area contributed by atoms with Crippen LogP contribution in [-0.2, 0) is 9.47 Å². The fraction of sp³-hybridized carbons (Fsp3) is 0.692. The predicted molar refractivity (Wildman–Crippen MR) is 64.8 cm³/mol. The standard InChI is InChI=1S/C13H24O2/c1-5-7-9-11-14-13(3,4)15-12-10-8-6-2/h5-6H,1-2,7-12H2,3-4H3. The first-order valence-corrected chi connectivity index (χ1v) is 5.62. The van der Waals surface area contributed by atoms with Gasteiger partial charge in [0.25, 0.3) is 0 Å². The topological polar surface area (TPSA) is 18.5 Å². The summed E-state index contributed by atoms with van der Waals surface area (Å²) in [6.07, 6.45) is 7.80. The van der Waals surface area contributed by atoms with E-state index in [2.05, 4.69) is 13.2 Å². The van der Waals surface area contributed by atoms with E-state index in [1.54, 1.807) is 0 Å². The first-order valence-electron chi connectivity index (χ1n) is 5.62. The number of hydrogen-bond donors (Lipinski definition) is 0. The van der Waals surface area contributed by atoms with Crippen molar-refractivity contribution in [3.05, 3.63) is 25.3 Å². The van der Waals surface area contributed by atoms with E-state index in [0.717, 1.165) is 38.9 Å². The minimum atomic E-state index is -0.470. The summed E-state index contributed by atoms with van der Waals surface area (Å²) >= 11 is 0. The smallest absolute Gasteiger partial charge is 0.162 e. The van der Waals surface area contributed by atoms with Gasteiger partial charge in [0.2, 0.25) is 0 Å². The lowest BCUT2D eigenvalue weighted by Crippen LogP contribution is -2.29. The lowest BCUT2D eigenvalue weighted by Gasteiger charge is -2.25. The highest BCUT2D eigenvalue weighted by Crippen LogP contribution is 2.12. The molecule has 0 N–H and O–H groups in total. The molecular weight excluding hydrogens is 188 g/mol. The van der Waals surface area contributed by atoms with Gasteiger partial charge in [0, 0.05) is 0 Å².